The Hall–Kier alpha value is -1.87. The van der Waals surface area contributed by atoms with E-state index in [0.29, 0.717) is 5.56 Å². The molecule has 0 amide bonds. The SMILES string of the molecule is CC/C=C\c1ccc(Br)c(C2OC(=O)c3ccccc32)c1. The molecular weight excluding hydrogens is 328 g/mol. The fourth-order valence-corrected chi connectivity index (χ4v) is 2.95. The van der Waals surface area contributed by atoms with Crippen molar-refractivity contribution in [2.75, 3.05) is 0 Å². The summed E-state index contributed by atoms with van der Waals surface area (Å²) >= 11 is 3.57. The molecule has 0 bridgehead atoms. The van der Waals surface area contributed by atoms with Gasteiger partial charge in [-0.2, -0.15) is 0 Å². The Balaban J connectivity index is 2.05. The van der Waals surface area contributed by atoms with Crippen LogP contribution in [0.5, 0.6) is 0 Å². The van der Waals surface area contributed by atoms with Crippen LogP contribution in [-0.4, -0.2) is 5.97 Å². The van der Waals surface area contributed by atoms with Gasteiger partial charge in [0.25, 0.3) is 0 Å². The Morgan fingerprint density at radius 1 is 1.19 bits per heavy atom. The summed E-state index contributed by atoms with van der Waals surface area (Å²) in [5.74, 6) is -0.253. The Morgan fingerprint density at radius 3 is 2.81 bits per heavy atom. The van der Waals surface area contributed by atoms with Gasteiger partial charge >= 0.3 is 5.97 Å². The van der Waals surface area contributed by atoms with Crippen LogP contribution in [0.15, 0.2) is 53.0 Å². The van der Waals surface area contributed by atoms with E-state index in [4.69, 9.17) is 4.74 Å². The maximum atomic E-state index is 12.0. The Labute approximate surface area is 132 Å². The molecule has 1 aliphatic rings. The van der Waals surface area contributed by atoms with Crippen molar-refractivity contribution in [1.29, 1.82) is 0 Å². The molecule has 0 saturated heterocycles. The minimum atomic E-state index is -0.335. The fourth-order valence-electron chi connectivity index (χ4n) is 2.50. The lowest BCUT2D eigenvalue weighted by Crippen LogP contribution is -2.02. The molecule has 106 valence electrons. The van der Waals surface area contributed by atoms with Crippen LogP contribution in [0.3, 0.4) is 0 Å². The number of hydrogen-bond donors (Lipinski definition) is 0. The number of cyclic esters (lactones) is 1. The standard InChI is InChI=1S/C18H15BrO2/c1-2-3-6-12-9-10-16(19)15(11-12)17-13-7-4-5-8-14(13)18(20)21-17/h3-11,17H,2H2,1H3/b6-3-. The summed E-state index contributed by atoms with van der Waals surface area (Å²) in [6.07, 6.45) is 4.85. The number of allylic oxidation sites excluding steroid dienone is 1. The lowest BCUT2D eigenvalue weighted by molar-refractivity contribution is 0.0455. The zero-order chi connectivity index (χ0) is 14.8. The number of carbonyl (C=O) groups is 1. The minimum absolute atomic E-state index is 0.253. The number of benzene rings is 2. The Morgan fingerprint density at radius 2 is 2.00 bits per heavy atom. The van der Waals surface area contributed by atoms with Gasteiger partial charge < -0.3 is 4.74 Å². The van der Waals surface area contributed by atoms with Gasteiger partial charge in [0.05, 0.1) is 5.56 Å². The molecule has 0 saturated carbocycles. The first kappa shape index (κ1) is 14.1. The van der Waals surface area contributed by atoms with Gasteiger partial charge in [0.1, 0.15) is 0 Å². The number of rotatable bonds is 3. The largest absolute Gasteiger partial charge is 0.449 e. The van der Waals surface area contributed by atoms with Crippen LogP contribution >= 0.6 is 15.9 Å². The molecule has 2 aromatic carbocycles. The van der Waals surface area contributed by atoms with E-state index in [0.717, 1.165) is 27.6 Å². The molecule has 3 rings (SSSR count). The van der Waals surface area contributed by atoms with Crippen molar-refractivity contribution in [1.82, 2.24) is 0 Å². The van der Waals surface area contributed by atoms with Crippen LogP contribution in [0.2, 0.25) is 0 Å². The summed E-state index contributed by atoms with van der Waals surface area (Å²) in [7, 11) is 0. The first-order valence-electron chi connectivity index (χ1n) is 6.96. The van der Waals surface area contributed by atoms with E-state index >= 15 is 0 Å². The van der Waals surface area contributed by atoms with Gasteiger partial charge in [0.15, 0.2) is 6.10 Å². The van der Waals surface area contributed by atoms with Gasteiger partial charge in [-0.05, 0) is 30.2 Å². The van der Waals surface area contributed by atoms with Crippen molar-refractivity contribution in [3.8, 4) is 0 Å². The molecular formula is C18H15BrO2. The summed E-state index contributed by atoms with van der Waals surface area (Å²) in [5.41, 5.74) is 3.67. The van der Waals surface area contributed by atoms with Crippen molar-refractivity contribution in [2.24, 2.45) is 0 Å². The zero-order valence-electron chi connectivity index (χ0n) is 11.7. The third-order valence-corrected chi connectivity index (χ3v) is 4.26. The average Bonchev–Trinajstić information content (AvgIpc) is 2.84. The van der Waals surface area contributed by atoms with E-state index in [9.17, 15) is 4.79 Å². The molecule has 0 radical (unpaired) electrons. The normalized spacial score (nSPS) is 17.0. The van der Waals surface area contributed by atoms with Crippen molar-refractivity contribution in [3.05, 3.63) is 75.3 Å². The maximum absolute atomic E-state index is 12.0. The van der Waals surface area contributed by atoms with Crippen LogP contribution in [0.1, 0.15) is 46.5 Å². The summed E-state index contributed by atoms with van der Waals surface area (Å²) in [5, 5.41) is 0. The molecule has 1 heterocycles. The predicted molar refractivity (Wildman–Crippen MR) is 87.2 cm³/mol. The number of hydrogen-bond acceptors (Lipinski definition) is 2. The highest BCUT2D eigenvalue weighted by Gasteiger charge is 2.32. The molecule has 0 fully saturated rings. The molecule has 2 nitrogen and oxygen atoms in total. The second kappa shape index (κ2) is 5.86. The molecule has 0 aromatic heterocycles. The quantitative estimate of drug-likeness (QED) is 0.722. The highest BCUT2D eigenvalue weighted by atomic mass is 79.9. The highest BCUT2D eigenvalue weighted by molar-refractivity contribution is 9.10. The van der Waals surface area contributed by atoms with Crippen LogP contribution in [0.25, 0.3) is 6.08 Å². The van der Waals surface area contributed by atoms with Crippen molar-refractivity contribution in [2.45, 2.75) is 19.4 Å². The van der Waals surface area contributed by atoms with Gasteiger partial charge in [-0.15, -0.1) is 0 Å². The maximum Gasteiger partial charge on any atom is 0.339 e. The molecule has 21 heavy (non-hydrogen) atoms. The number of ether oxygens (including phenoxy) is 1. The van der Waals surface area contributed by atoms with Gasteiger partial charge in [-0.25, -0.2) is 4.79 Å². The molecule has 0 N–H and O–H groups in total. The summed E-state index contributed by atoms with van der Waals surface area (Å²) < 4.78 is 6.51. The van der Waals surface area contributed by atoms with Gasteiger partial charge in [-0.1, -0.05) is 59.3 Å². The molecule has 3 heteroatoms. The minimum Gasteiger partial charge on any atom is -0.449 e. The first-order chi connectivity index (χ1) is 10.2. The summed E-state index contributed by atoms with van der Waals surface area (Å²) in [4.78, 5) is 12.0. The predicted octanol–water partition coefficient (Wildman–Crippen LogP) is 5.13. The van der Waals surface area contributed by atoms with Crippen molar-refractivity contribution < 1.29 is 9.53 Å². The first-order valence-corrected chi connectivity index (χ1v) is 7.76. The van der Waals surface area contributed by atoms with E-state index < -0.39 is 0 Å². The summed E-state index contributed by atoms with van der Waals surface area (Å²) in [6.45, 7) is 2.10. The van der Waals surface area contributed by atoms with Gasteiger partial charge in [-0.3, -0.25) is 0 Å². The Kier molecular flexibility index (Phi) is 3.93. The number of fused-ring (bicyclic) bond motifs is 1. The molecule has 1 aliphatic heterocycles. The van der Waals surface area contributed by atoms with Crippen molar-refractivity contribution >= 4 is 28.0 Å². The lowest BCUT2D eigenvalue weighted by atomic mass is 9.98. The van der Waals surface area contributed by atoms with Gasteiger partial charge in [0.2, 0.25) is 0 Å². The highest BCUT2D eigenvalue weighted by Crippen LogP contribution is 2.39. The smallest absolute Gasteiger partial charge is 0.339 e. The second-order valence-corrected chi connectivity index (χ2v) is 5.82. The molecule has 0 aliphatic carbocycles. The monoisotopic (exact) mass is 342 g/mol. The zero-order valence-corrected chi connectivity index (χ0v) is 13.3. The number of esters is 1. The second-order valence-electron chi connectivity index (χ2n) is 4.96. The van der Waals surface area contributed by atoms with E-state index in [1.54, 1.807) is 0 Å². The summed E-state index contributed by atoms with van der Waals surface area (Å²) in [6, 6.07) is 13.7. The Bertz CT molecular complexity index is 719. The van der Waals surface area contributed by atoms with Crippen LogP contribution in [0, 0.1) is 0 Å². The van der Waals surface area contributed by atoms with Crippen LogP contribution < -0.4 is 0 Å². The molecule has 0 spiro atoms. The van der Waals surface area contributed by atoms with E-state index in [1.165, 1.54) is 0 Å². The van der Waals surface area contributed by atoms with Gasteiger partial charge in [0, 0.05) is 15.6 Å². The molecule has 1 atom stereocenters. The third-order valence-electron chi connectivity index (χ3n) is 3.54. The van der Waals surface area contributed by atoms with Crippen LogP contribution in [-0.2, 0) is 4.74 Å². The number of halogens is 1. The lowest BCUT2D eigenvalue weighted by Gasteiger charge is -2.14. The van der Waals surface area contributed by atoms with Crippen LogP contribution in [0.4, 0.5) is 0 Å². The number of carbonyl (C=O) groups excluding carboxylic acids is 1. The molecule has 1 unspecified atom stereocenters. The van der Waals surface area contributed by atoms with E-state index in [1.807, 2.05) is 36.4 Å². The van der Waals surface area contributed by atoms with E-state index in [2.05, 4.69) is 41.1 Å². The topological polar surface area (TPSA) is 26.3 Å². The fraction of sp³-hybridized carbons (Fsp3) is 0.167. The molecule has 2 aromatic rings. The third kappa shape index (κ3) is 2.66. The van der Waals surface area contributed by atoms with Crippen molar-refractivity contribution in [3.63, 3.8) is 0 Å². The average molecular weight is 343 g/mol. The van der Waals surface area contributed by atoms with E-state index in [-0.39, 0.29) is 12.1 Å².